The van der Waals surface area contributed by atoms with Crippen molar-refractivity contribution in [3.8, 4) is 22.5 Å². The molecule has 0 atom stereocenters. The van der Waals surface area contributed by atoms with Gasteiger partial charge in [-0.1, -0.05) is 99.7 Å². The molecule has 26 heavy (non-hydrogen) atoms. The molecule has 136 valence electrons. The summed E-state index contributed by atoms with van der Waals surface area (Å²) in [5, 5.41) is 0. The number of unbranched alkanes of at least 4 members (excludes halogenated alkanes) is 5. The fraction of sp³-hybridized carbons (Fsp3) is 0.375. The van der Waals surface area contributed by atoms with Gasteiger partial charge in [0.1, 0.15) is 5.82 Å². The van der Waals surface area contributed by atoms with Crippen LogP contribution in [0.5, 0.6) is 0 Å². The summed E-state index contributed by atoms with van der Waals surface area (Å²) < 4.78 is 2.41. The van der Waals surface area contributed by atoms with Crippen LogP contribution in [-0.2, 0) is 6.54 Å². The predicted octanol–water partition coefficient (Wildman–Crippen LogP) is 6.89. The Kier molecular flexibility index (Phi) is 6.65. The molecule has 0 fully saturated rings. The highest BCUT2D eigenvalue weighted by molar-refractivity contribution is 5.79. The molecule has 0 aliphatic heterocycles. The first-order valence-corrected chi connectivity index (χ1v) is 9.99. The normalized spacial score (nSPS) is 11.0. The lowest BCUT2D eigenvalue weighted by Crippen LogP contribution is -2.03. The molecule has 1 aromatic heterocycles. The number of imidazole rings is 1. The van der Waals surface area contributed by atoms with Gasteiger partial charge in [0.25, 0.3) is 0 Å². The maximum absolute atomic E-state index is 4.95. The summed E-state index contributed by atoms with van der Waals surface area (Å²) in [4.78, 5) is 4.95. The minimum absolute atomic E-state index is 1.04. The Morgan fingerprint density at radius 1 is 0.731 bits per heavy atom. The molecule has 0 amide bonds. The van der Waals surface area contributed by atoms with Crippen LogP contribution in [0.25, 0.3) is 22.5 Å². The summed E-state index contributed by atoms with van der Waals surface area (Å²) in [6.45, 7) is 5.45. The Bertz CT molecular complexity index is 788. The standard InChI is InChI=1S/C24H30N2/c1-3-4-5-6-7-14-19-26-20(2)25-23(21-15-10-8-11-16-21)24(26)22-17-12-9-13-18-22/h8-13,15-18H,3-7,14,19H2,1-2H3. The highest BCUT2D eigenvalue weighted by Crippen LogP contribution is 2.33. The number of rotatable bonds is 9. The molecule has 0 saturated heterocycles. The zero-order valence-corrected chi connectivity index (χ0v) is 16.1. The van der Waals surface area contributed by atoms with Gasteiger partial charge in [-0.25, -0.2) is 4.98 Å². The van der Waals surface area contributed by atoms with Crippen LogP contribution in [0.3, 0.4) is 0 Å². The molecule has 0 bridgehead atoms. The van der Waals surface area contributed by atoms with Gasteiger partial charge in [0.15, 0.2) is 0 Å². The lowest BCUT2D eigenvalue weighted by atomic mass is 10.0. The van der Waals surface area contributed by atoms with Gasteiger partial charge in [-0.3, -0.25) is 0 Å². The van der Waals surface area contributed by atoms with E-state index in [-0.39, 0.29) is 0 Å². The van der Waals surface area contributed by atoms with Crippen molar-refractivity contribution in [2.75, 3.05) is 0 Å². The summed E-state index contributed by atoms with van der Waals surface area (Å²) in [6, 6.07) is 21.2. The van der Waals surface area contributed by atoms with E-state index in [1.54, 1.807) is 0 Å². The molecule has 0 aliphatic rings. The van der Waals surface area contributed by atoms with Crippen LogP contribution in [0.2, 0.25) is 0 Å². The van der Waals surface area contributed by atoms with Crippen LogP contribution in [0.1, 0.15) is 51.3 Å². The second-order valence-corrected chi connectivity index (χ2v) is 7.01. The summed E-state index contributed by atoms with van der Waals surface area (Å²) >= 11 is 0. The van der Waals surface area contributed by atoms with Crippen molar-refractivity contribution in [3.05, 3.63) is 66.5 Å². The first-order valence-electron chi connectivity index (χ1n) is 9.99. The van der Waals surface area contributed by atoms with E-state index in [0.29, 0.717) is 0 Å². The number of aryl methyl sites for hydroxylation is 1. The molecular weight excluding hydrogens is 316 g/mol. The SMILES string of the molecule is CCCCCCCCn1c(C)nc(-c2ccccc2)c1-c1ccccc1. The first kappa shape index (κ1) is 18.4. The van der Waals surface area contributed by atoms with E-state index >= 15 is 0 Å². The smallest absolute Gasteiger partial charge is 0.106 e. The topological polar surface area (TPSA) is 17.8 Å². The third-order valence-electron chi connectivity index (χ3n) is 4.99. The predicted molar refractivity (Wildman–Crippen MR) is 111 cm³/mol. The molecular formula is C24H30N2. The van der Waals surface area contributed by atoms with Crippen molar-refractivity contribution in [1.29, 1.82) is 0 Å². The summed E-state index contributed by atoms with van der Waals surface area (Å²) in [7, 11) is 0. The van der Waals surface area contributed by atoms with Gasteiger partial charge in [0.05, 0.1) is 11.4 Å². The van der Waals surface area contributed by atoms with Crippen LogP contribution in [-0.4, -0.2) is 9.55 Å². The van der Waals surface area contributed by atoms with Gasteiger partial charge in [-0.05, 0) is 13.3 Å². The van der Waals surface area contributed by atoms with Crippen molar-refractivity contribution in [2.24, 2.45) is 0 Å². The van der Waals surface area contributed by atoms with E-state index in [0.717, 1.165) is 18.1 Å². The zero-order chi connectivity index (χ0) is 18.2. The molecule has 3 aromatic rings. The monoisotopic (exact) mass is 346 g/mol. The van der Waals surface area contributed by atoms with Crippen LogP contribution in [0.4, 0.5) is 0 Å². The van der Waals surface area contributed by atoms with Gasteiger partial charge in [0, 0.05) is 17.7 Å². The van der Waals surface area contributed by atoms with E-state index in [2.05, 4.69) is 79.1 Å². The largest absolute Gasteiger partial charge is 0.328 e. The molecule has 1 heterocycles. The van der Waals surface area contributed by atoms with Crippen LogP contribution in [0, 0.1) is 6.92 Å². The lowest BCUT2D eigenvalue weighted by Gasteiger charge is -2.12. The van der Waals surface area contributed by atoms with Crippen LogP contribution >= 0.6 is 0 Å². The highest BCUT2D eigenvalue weighted by Gasteiger charge is 2.17. The van der Waals surface area contributed by atoms with Crippen molar-refractivity contribution < 1.29 is 0 Å². The number of aromatic nitrogens is 2. The molecule has 0 radical (unpaired) electrons. The summed E-state index contributed by atoms with van der Waals surface area (Å²) in [5.74, 6) is 1.11. The van der Waals surface area contributed by atoms with Crippen molar-refractivity contribution in [2.45, 2.75) is 58.9 Å². The Labute approximate surface area is 157 Å². The van der Waals surface area contributed by atoms with Crippen molar-refractivity contribution >= 4 is 0 Å². The van der Waals surface area contributed by atoms with E-state index in [1.165, 1.54) is 55.3 Å². The molecule has 2 aromatic carbocycles. The summed E-state index contributed by atoms with van der Waals surface area (Å²) in [6.07, 6.45) is 7.88. The number of benzene rings is 2. The molecule has 0 unspecified atom stereocenters. The van der Waals surface area contributed by atoms with Gasteiger partial charge in [-0.15, -0.1) is 0 Å². The molecule has 2 heteroatoms. The molecule has 0 aliphatic carbocycles. The maximum Gasteiger partial charge on any atom is 0.106 e. The second kappa shape index (κ2) is 9.38. The van der Waals surface area contributed by atoms with E-state index in [9.17, 15) is 0 Å². The number of hydrogen-bond acceptors (Lipinski definition) is 1. The van der Waals surface area contributed by atoms with Crippen molar-refractivity contribution in [1.82, 2.24) is 9.55 Å². The van der Waals surface area contributed by atoms with E-state index in [1.807, 2.05) is 0 Å². The highest BCUT2D eigenvalue weighted by atomic mass is 15.1. The molecule has 3 rings (SSSR count). The third-order valence-corrected chi connectivity index (χ3v) is 4.99. The molecule has 0 spiro atoms. The third kappa shape index (κ3) is 4.43. The van der Waals surface area contributed by atoms with Gasteiger partial charge < -0.3 is 4.57 Å². The Hall–Kier alpha value is -2.35. The Balaban J connectivity index is 1.87. The minimum atomic E-state index is 1.04. The second-order valence-electron chi connectivity index (χ2n) is 7.01. The van der Waals surface area contributed by atoms with Crippen LogP contribution in [0.15, 0.2) is 60.7 Å². The molecule has 2 nitrogen and oxygen atoms in total. The minimum Gasteiger partial charge on any atom is -0.328 e. The first-order chi connectivity index (χ1) is 12.8. The Morgan fingerprint density at radius 2 is 1.31 bits per heavy atom. The summed E-state index contributed by atoms with van der Waals surface area (Å²) in [5.41, 5.74) is 4.79. The van der Waals surface area contributed by atoms with E-state index < -0.39 is 0 Å². The van der Waals surface area contributed by atoms with Gasteiger partial charge in [0.2, 0.25) is 0 Å². The number of nitrogens with zero attached hydrogens (tertiary/aromatic N) is 2. The average Bonchev–Trinajstić information content (AvgIpc) is 3.02. The fourth-order valence-corrected chi connectivity index (χ4v) is 3.57. The fourth-order valence-electron chi connectivity index (χ4n) is 3.57. The Morgan fingerprint density at radius 3 is 1.96 bits per heavy atom. The zero-order valence-electron chi connectivity index (χ0n) is 16.1. The quantitative estimate of drug-likeness (QED) is 0.386. The van der Waals surface area contributed by atoms with E-state index in [4.69, 9.17) is 4.98 Å². The molecule has 0 saturated carbocycles. The van der Waals surface area contributed by atoms with Crippen LogP contribution < -0.4 is 0 Å². The maximum atomic E-state index is 4.95. The lowest BCUT2D eigenvalue weighted by molar-refractivity contribution is 0.554. The average molecular weight is 347 g/mol. The van der Waals surface area contributed by atoms with Gasteiger partial charge in [-0.2, -0.15) is 0 Å². The van der Waals surface area contributed by atoms with Crippen molar-refractivity contribution in [3.63, 3.8) is 0 Å². The van der Waals surface area contributed by atoms with Gasteiger partial charge >= 0.3 is 0 Å². The number of hydrogen-bond donors (Lipinski definition) is 0. The molecule has 0 N–H and O–H groups in total.